The minimum absolute atomic E-state index is 0.0320. The summed E-state index contributed by atoms with van der Waals surface area (Å²) in [5, 5.41) is 5.63. The van der Waals surface area contributed by atoms with Gasteiger partial charge >= 0.3 is 0 Å². The zero-order valence-electron chi connectivity index (χ0n) is 11.6. The van der Waals surface area contributed by atoms with Gasteiger partial charge in [-0.05, 0) is 31.0 Å². The second kappa shape index (κ2) is 6.38. The molecule has 1 fully saturated rings. The summed E-state index contributed by atoms with van der Waals surface area (Å²) in [6.07, 6.45) is 0.857. The average molecular weight is 276 g/mol. The molecule has 0 unspecified atom stereocenters. The van der Waals surface area contributed by atoms with Crippen LogP contribution in [0.15, 0.2) is 18.2 Å². The third kappa shape index (κ3) is 3.71. The first-order valence-electron chi connectivity index (χ1n) is 6.70. The smallest absolute Gasteiger partial charge is 0.238 e. The molecule has 0 aliphatic carbocycles. The fourth-order valence-corrected chi connectivity index (χ4v) is 2.19. The fraction of sp³-hybridized carbons (Fsp3) is 0.429. The molecule has 4 N–H and O–H groups in total. The van der Waals surface area contributed by atoms with Crippen LogP contribution in [-0.2, 0) is 9.59 Å². The number of nitrogens with zero attached hydrogens (tertiary/aromatic N) is 1. The quantitative estimate of drug-likeness (QED) is 0.695. The molecule has 0 aromatic heterocycles. The van der Waals surface area contributed by atoms with E-state index < -0.39 is 0 Å². The molecule has 0 bridgehead atoms. The fourth-order valence-electron chi connectivity index (χ4n) is 2.19. The Hall–Kier alpha value is -2.08. The molecule has 108 valence electrons. The summed E-state index contributed by atoms with van der Waals surface area (Å²) in [4.78, 5) is 25.3. The van der Waals surface area contributed by atoms with Crippen LogP contribution in [0.2, 0.25) is 0 Å². The van der Waals surface area contributed by atoms with Gasteiger partial charge in [-0.15, -0.1) is 0 Å². The van der Waals surface area contributed by atoms with E-state index in [2.05, 4.69) is 10.6 Å². The van der Waals surface area contributed by atoms with Gasteiger partial charge in [0.2, 0.25) is 11.8 Å². The van der Waals surface area contributed by atoms with E-state index in [1.165, 1.54) is 0 Å². The Labute approximate surface area is 118 Å². The molecule has 0 saturated carbocycles. The van der Waals surface area contributed by atoms with E-state index in [9.17, 15) is 9.59 Å². The van der Waals surface area contributed by atoms with Crippen molar-refractivity contribution in [3.8, 4) is 0 Å². The normalized spacial score (nSPS) is 16.4. The average Bonchev–Trinajstić information content (AvgIpc) is 2.59. The van der Waals surface area contributed by atoms with Crippen molar-refractivity contribution in [2.45, 2.75) is 13.3 Å². The number of rotatable bonds is 3. The lowest BCUT2D eigenvalue weighted by molar-refractivity contribution is -0.122. The zero-order valence-corrected chi connectivity index (χ0v) is 11.6. The second-order valence-electron chi connectivity index (χ2n) is 4.98. The van der Waals surface area contributed by atoms with Gasteiger partial charge in [-0.1, -0.05) is 6.07 Å². The van der Waals surface area contributed by atoms with Crippen molar-refractivity contribution in [1.82, 2.24) is 10.2 Å². The zero-order chi connectivity index (χ0) is 14.5. The molecule has 6 nitrogen and oxygen atoms in total. The van der Waals surface area contributed by atoms with E-state index in [4.69, 9.17) is 5.73 Å². The first kappa shape index (κ1) is 14.3. The van der Waals surface area contributed by atoms with E-state index in [0.717, 1.165) is 18.5 Å². The van der Waals surface area contributed by atoms with Crippen LogP contribution in [0, 0.1) is 6.92 Å². The standard InChI is InChI=1S/C14H20N4O2/c1-10-11(15)4-2-5-12(10)17-14(20)9-18-7-3-6-16-13(19)8-18/h2,4-5H,3,6-9,15H2,1H3,(H,16,19)(H,17,20). The van der Waals surface area contributed by atoms with Crippen molar-refractivity contribution in [2.75, 3.05) is 37.2 Å². The van der Waals surface area contributed by atoms with Gasteiger partial charge in [0, 0.05) is 24.5 Å². The third-order valence-electron chi connectivity index (χ3n) is 3.36. The van der Waals surface area contributed by atoms with Gasteiger partial charge in [0.1, 0.15) is 0 Å². The van der Waals surface area contributed by atoms with Gasteiger partial charge in [-0.3, -0.25) is 14.5 Å². The molecule has 0 atom stereocenters. The molecule has 1 aliphatic rings. The predicted molar refractivity (Wildman–Crippen MR) is 78.3 cm³/mol. The van der Waals surface area contributed by atoms with Gasteiger partial charge in [-0.2, -0.15) is 0 Å². The van der Waals surface area contributed by atoms with E-state index in [-0.39, 0.29) is 24.9 Å². The van der Waals surface area contributed by atoms with Crippen LogP contribution >= 0.6 is 0 Å². The number of hydrogen-bond acceptors (Lipinski definition) is 4. The number of carbonyl (C=O) groups is 2. The molecule has 2 amide bonds. The van der Waals surface area contributed by atoms with E-state index in [0.29, 0.717) is 17.9 Å². The van der Waals surface area contributed by atoms with Gasteiger partial charge in [-0.25, -0.2) is 0 Å². The largest absolute Gasteiger partial charge is 0.398 e. The summed E-state index contributed by atoms with van der Waals surface area (Å²) in [7, 11) is 0. The maximum atomic E-state index is 12.0. The Morgan fingerprint density at radius 3 is 3.10 bits per heavy atom. The highest BCUT2D eigenvalue weighted by Crippen LogP contribution is 2.20. The number of nitrogens with one attached hydrogen (secondary N) is 2. The SMILES string of the molecule is Cc1c(N)cccc1NC(=O)CN1CCCNC(=O)C1. The lowest BCUT2D eigenvalue weighted by Crippen LogP contribution is -2.38. The Morgan fingerprint density at radius 1 is 1.50 bits per heavy atom. The first-order valence-corrected chi connectivity index (χ1v) is 6.70. The first-order chi connectivity index (χ1) is 9.56. The van der Waals surface area contributed by atoms with Gasteiger partial charge in [0.15, 0.2) is 0 Å². The van der Waals surface area contributed by atoms with Crippen molar-refractivity contribution in [1.29, 1.82) is 0 Å². The van der Waals surface area contributed by atoms with E-state index in [1.807, 2.05) is 17.9 Å². The third-order valence-corrected chi connectivity index (χ3v) is 3.36. The highest BCUT2D eigenvalue weighted by atomic mass is 16.2. The van der Waals surface area contributed by atoms with Crippen LogP contribution in [0.1, 0.15) is 12.0 Å². The lowest BCUT2D eigenvalue weighted by atomic mass is 10.1. The van der Waals surface area contributed by atoms with Crippen LogP contribution in [-0.4, -0.2) is 42.9 Å². The summed E-state index contributed by atoms with van der Waals surface area (Å²) in [5.41, 5.74) is 8.03. The number of nitrogens with two attached hydrogens (primary N) is 1. The van der Waals surface area contributed by atoms with Gasteiger partial charge < -0.3 is 16.4 Å². The Morgan fingerprint density at radius 2 is 2.30 bits per heavy atom. The van der Waals surface area contributed by atoms with E-state index in [1.54, 1.807) is 12.1 Å². The Balaban J connectivity index is 1.95. The van der Waals surface area contributed by atoms with Crippen molar-refractivity contribution >= 4 is 23.2 Å². The molecule has 1 aliphatic heterocycles. The minimum Gasteiger partial charge on any atom is -0.398 e. The van der Waals surface area contributed by atoms with Crippen LogP contribution in [0.3, 0.4) is 0 Å². The van der Waals surface area contributed by atoms with Crippen molar-refractivity contribution in [2.24, 2.45) is 0 Å². The number of nitrogen functional groups attached to an aromatic ring is 1. The van der Waals surface area contributed by atoms with Crippen molar-refractivity contribution in [3.05, 3.63) is 23.8 Å². The maximum absolute atomic E-state index is 12.0. The molecule has 6 heteroatoms. The van der Waals surface area contributed by atoms with Crippen molar-refractivity contribution < 1.29 is 9.59 Å². The molecule has 2 rings (SSSR count). The molecule has 1 heterocycles. The van der Waals surface area contributed by atoms with Gasteiger partial charge in [0.25, 0.3) is 0 Å². The summed E-state index contributed by atoms with van der Waals surface area (Å²) < 4.78 is 0. The summed E-state index contributed by atoms with van der Waals surface area (Å²) in [6.45, 7) is 3.75. The number of benzene rings is 1. The second-order valence-corrected chi connectivity index (χ2v) is 4.98. The minimum atomic E-state index is -0.131. The monoisotopic (exact) mass is 276 g/mol. The number of anilines is 2. The van der Waals surface area contributed by atoms with Crippen LogP contribution in [0.25, 0.3) is 0 Å². The molecule has 0 radical (unpaired) electrons. The molecule has 20 heavy (non-hydrogen) atoms. The molecule has 0 spiro atoms. The van der Waals surface area contributed by atoms with Crippen LogP contribution < -0.4 is 16.4 Å². The topological polar surface area (TPSA) is 87.5 Å². The molecular weight excluding hydrogens is 256 g/mol. The molecule has 1 saturated heterocycles. The highest BCUT2D eigenvalue weighted by Gasteiger charge is 2.17. The number of hydrogen-bond donors (Lipinski definition) is 3. The predicted octanol–water partition coefficient (Wildman–Crippen LogP) is 0.338. The summed E-state index contributed by atoms with van der Waals surface area (Å²) in [6, 6.07) is 5.42. The molecule has 1 aromatic rings. The highest BCUT2D eigenvalue weighted by molar-refractivity contribution is 5.94. The van der Waals surface area contributed by atoms with Crippen LogP contribution in [0.4, 0.5) is 11.4 Å². The number of carbonyl (C=O) groups excluding carboxylic acids is 2. The van der Waals surface area contributed by atoms with Crippen molar-refractivity contribution in [3.63, 3.8) is 0 Å². The van der Waals surface area contributed by atoms with Gasteiger partial charge in [0.05, 0.1) is 13.1 Å². The Bertz CT molecular complexity index is 516. The number of amides is 2. The lowest BCUT2D eigenvalue weighted by Gasteiger charge is -2.18. The van der Waals surface area contributed by atoms with Crippen LogP contribution in [0.5, 0.6) is 0 Å². The summed E-state index contributed by atoms with van der Waals surface area (Å²) >= 11 is 0. The summed E-state index contributed by atoms with van der Waals surface area (Å²) in [5.74, 6) is -0.163. The van der Waals surface area contributed by atoms with E-state index >= 15 is 0 Å². The molecular formula is C14H20N4O2. The Kier molecular flexibility index (Phi) is 4.57. The maximum Gasteiger partial charge on any atom is 0.238 e. The molecule has 1 aromatic carbocycles.